The van der Waals surface area contributed by atoms with E-state index in [1.54, 1.807) is 15.9 Å². The molecular formula is C21H20ClN3OS. The summed E-state index contributed by atoms with van der Waals surface area (Å²) in [7, 11) is 0. The molecule has 0 N–H and O–H groups in total. The molecule has 0 saturated heterocycles. The van der Waals surface area contributed by atoms with Crippen LogP contribution in [0, 0.1) is 11.3 Å². The first-order chi connectivity index (χ1) is 13.2. The first-order valence-electron chi connectivity index (χ1n) is 9.32. The molecule has 0 unspecified atom stereocenters. The topological polar surface area (TPSA) is 58.7 Å². The van der Waals surface area contributed by atoms with Gasteiger partial charge in [-0.15, -0.1) is 11.3 Å². The zero-order valence-corrected chi connectivity index (χ0v) is 16.6. The number of aromatic nitrogens is 2. The van der Waals surface area contributed by atoms with Crippen LogP contribution in [-0.2, 0) is 25.8 Å². The minimum Gasteiger partial charge on any atom is -0.296 e. The Balaban J connectivity index is 1.82. The van der Waals surface area contributed by atoms with Gasteiger partial charge in [0, 0.05) is 29.3 Å². The summed E-state index contributed by atoms with van der Waals surface area (Å²) in [5.41, 5.74) is 2.34. The second-order valence-electron chi connectivity index (χ2n) is 6.94. The minimum absolute atomic E-state index is 0.0568. The van der Waals surface area contributed by atoms with E-state index < -0.39 is 0 Å². The Kier molecular flexibility index (Phi) is 5.29. The number of aryl methyl sites for hydroxylation is 2. The molecule has 4 rings (SSSR count). The average Bonchev–Trinajstić information content (AvgIpc) is 3.04. The van der Waals surface area contributed by atoms with Crippen LogP contribution in [0.25, 0.3) is 10.2 Å². The van der Waals surface area contributed by atoms with Crippen molar-refractivity contribution >= 4 is 33.2 Å². The molecule has 0 bridgehead atoms. The van der Waals surface area contributed by atoms with Crippen LogP contribution in [0.5, 0.6) is 0 Å². The Hall–Kier alpha value is -2.16. The second-order valence-corrected chi connectivity index (χ2v) is 8.46. The Morgan fingerprint density at radius 3 is 2.78 bits per heavy atom. The van der Waals surface area contributed by atoms with Gasteiger partial charge in [-0.2, -0.15) is 5.26 Å². The molecule has 6 heteroatoms. The first kappa shape index (κ1) is 18.2. The van der Waals surface area contributed by atoms with Crippen molar-refractivity contribution in [2.75, 3.05) is 0 Å². The molecule has 0 amide bonds. The van der Waals surface area contributed by atoms with E-state index in [2.05, 4.69) is 6.07 Å². The molecule has 4 nitrogen and oxygen atoms in total. The molecular weight excluding hydrogens is 378 g/mol. The molecule has 27 heavy (non-hydrogen) atoms. The molecule has 0 saturated carbocycles. The number of rotatable bonds is 5. The number of benzene rings is 1. The van der Waals surface area contributed by atoms with Crippen molar-refractivity contribution in [3.05, 3.63) is 61.5 Å². The lowest BCUT2D eigenvalue weighted by molar-refractivity contribution is 0.597. The maximum absolute atomic E-state index is 13.3. The molecule has 1 aliphatic carbocycles. The predicted molar refractivity (Wildman–Crippen MR) is 110 cm³/mol. The van der Waals surface area contributed by atoms with E-state index >= 15 is 0 Å². The third-order valence-electron chi connectivity index (χ3n) is 5.10. The number of hydrogen-bond donors (Lipinski definition) is 0. The molecule has 2 heterocycles. The fourth-order valence-corrected chi connectivity index (χ4v) is 5.14. The van der Waals surface area contributed by atoms with E-state index in [1.807, 2.05) is 24.3 Å². The van der Waals surface area contributed by atoms with Crippen LogP contribution < -0.4 is 5.56 Å². The molecule has 1 aromatic carbocycles. The van der Waals surface area contributed by atoms with Gasteiger partial charge in [0.05, 0.1) is 11.5 Å². The number of hydrogen-bond acceptors (Lipinski definition) is 4. The predicted octanol–water partition coefficient (Wildman–Crippen LogP) is 4.88. The van der Waals surface area contributed by atoms with E-state index in [1.165, 1.54) is 16.9 Å². The van der Waals surface area contributed by atoms with Crippen molar-refractivity contribution in [2.24, 2.45) is 0 Å². The average molecular weight is 398 g/mol. The summed E-state index contributed by atoms with van der Waals surface area (Å²) in [6.07, 6.45) is 6.03. The summed E-state index contributed by atoms with van der Waals surface area (Å²) in [6.45, 7) is 0.531. The van der Waals surface area contributed by atoms with Gasteiger partial charge in [0.1, 0.15) is 10.7 Å². The zero-order valence-electron chi connectivity index (χ0n) is 15.0. The lowest BCUT2D eigenvalue weighted by Gasteiger charge is -2.13. The van der Waals surface area contributed by atoms with Crippen molar-refractivity contribution in [2.45, 2.75) is 51.5 Å². The fraction of sp³-hybridized carbons (Fsp3) is 0.381. The quantitative estimate of drug-likeness (QED) is 0.576. The number of thiophene rings is 1. The van der Waals surface area contributed by atoms with Gasteiger partial charge < -0.3 is 0 Å². The monoisotopic (exact) mass is 397 g/mol. The summed E-state index contributed by atoms with van der Waals surface area (Å²) in [6, 6.07) is 9.82. The van der Waals surface area contributed by atoms with Crippen LogP contribution in [0.3, 0.4) is 0 Å². The number of fused-ring (bicyclic) bond motifs is 3. The van der Waals surface area contributed by atoms with Gasteiger partial charge in [-0.05, 0) is 55.4 Å². The Bertz CT molecular complexity index is 1080. The summed E-state index contributed by atoms with van der Waals surface area (Å²) in [5, 5.41) is 10.4. The third kappa shape index (κ3) is 3.65. The standard InChI is InChI=1S/C21H20ClN3OS/c22-15-9-7-14(8-10-15)13-18-24-20-19(16-5-1-2-6-17(16)27-20)21(26)25(18)12-4-3-11-23/h7-10H,1-6,12-13H2. The number of nitriles is 1. The van der Waals surface area contributed by atoms with Gasteiger partial charge in [0.2, 0.25) is 0 Å². The normalized spacial score (nSPS) is 13.5. The molecule has 3 aromatic rings. The van der Waals surface area contributed by atoms with Crippen LogP contribution >= 0.6 is 22.9 Å². The number of halogens is 1. The molecule has 2 aromatic heterocycles. The highest BCUT2D eigenvalue weighted by atomic mass is 35.5. The molecule has 1 aliphatic rings. The molecule has 0 radical (unpaired) electrons. The van der Waals surface area contributed by atoms with Crippen LogP contribution in [-0.4, -0.2) is 9.55 Å². The maximum atomic E-state index is 13.3. The van der Waals surface area contributed by atoms with E-state index in [0.29, 0.717) is 30.8 Å². The van der Waals surface area contributed by atoms with E-state index in [4.69, 9.17) is 21.8 Å². The van der Waals surface area contributed by atoms with Gasteiger partial charge in [-0.25, -0.2) is 4.98 Å². The van der Waals surface area contributed by atoms with Crippen LogP contribution in [0.1, 0.15) is 47.5 Å². The molecule has 0 fully saturated rings. The Morgan fingerprint density at radius 2 is 2.00 bits per heavy atom. The molecule has 0 atom stereocenters. The highest BCUT2D eigenvalue weighted by molar-refractivity contribution is 7.18. The Labute approximate surface area is 167 Å². The first-order valence-corrected chi connectivity index (χ1v) is 10.5. The van der Waals surface area contributed by atoms with Gasteiger partial charge >= 0.3 is 0 Å². The highest BCUT2D eigenvalue weighted by Gasteiger charge is 2.22. The summed E-state index contributed by atoms with van der Waals surface area (Å²) >= 11 is 7.67. The molecule has 138 valence electrons. The Morgan fingerprint density at radius 1 is 1.22 bits per heavy atom. The number of unbranched alkanes of at least 4 members (excludes halogenated alkanes) is 1. The van der Waals surface area contributed by atoms with Crippen LogP contribution in [0.15, 0.2) is 29.1 Å². The minimum atomic E-state index is 0.0568. The van der Waals surface area contributed by atoms with Gasteiger partial charge in [0.25, 0.3) is 5.56 Å². The smallest absolute Gasteiger partial charge is 0.262 e. The van der Waals surface area contributed by atoms with E-state index in [-0.39, 0.29) is 5.56 Å². The SMILES string of the molecule is N#CCCCn1c(Cc2ccc(Cl)cc2)nc2sc3c(c2c1=O)CCCC3. The summed E-state index contributed by atoms with van der Waals surface area (Å²) < 4.78 is 1.79. The third-order valence-corrected chi connectivity index (χ3v) is 6.54. The highest BCUT2D eigenvalue weighted by Crippen LogP contribution is 2.34. The second kappa shape index (κ2) is 7.84. The van der Waals surface area contributed by atoms with Crippen molar-refractivity contribution in [1.82, 2.24) is 9.55 Å². The van der Waals surface area contributed by atoms with Crippen LogP contribution in [0.2, 0.25) is 5.02 Å². The van der Waals surface area contributed by atoms with Crippen molar-refractivity contribution in [3.63, 3.8) is 0 Å². The lowest BCUT2D eigenvalue weighted by atomic mass is 9.97. The van der Waals surface area contributed by atoms with Crippen molar-refractivity contribution in [3.8, 4) is 6.07 Å². The zero-order chi connectivity index (χ0) is 18.8. The van der Waals surface area contributed by atoms with E-state index in [0.717, 1.165) is 40.9 Å². The molecule has 0 spiro atoms. The summed E-state index contributed by atoms with van der Waals surface area (Å²) in [4.78, 5) is 20.4. The van der Waals surface area contributed by atoms with Gasteiger partial charge in [-0.3, -0.25) is 9.36 Å². The molecule has 0 aliphatic heterocycles. The lowest BCUT2D eigenvalue weighted by Crippen LogP contribution is -2.26. The van der Waals surface area contributed by atoms with Crippen molar-refractivity contribution < 1.29 is 0 Å². The van der Waals surface area contributed by atoms with Crippen LogP contribution in [0.4, 0.5) is 0 Å². The van der Waals surface area contributed by atoms with Gasteiger partial charge in [-0.1, -0.05) is 23.7 Å². The van der Waals surface area contributed by atoms with Gasteiger partial charge in [0.15, 0.2) is 0 Å². The van der Waals surface area contributed by atoms with E-state index in [9.17, 15) is 4.79 Å². The summed E-state index contributed by atoms with van der Waals surface area (Å²) in [5.74, 6) is 0.770. The van der Waals surface area contributed by atoms with Crippen molar-refractivity contribution in [1.29, 1.82) is 5.26 Å². The fourth-order valence-electron chi connectivity index (χ4n) is 3.75. The largest absolute Gasteiger partial charge is 0.296 e. The number of nitrogens with zero attached hydrogens (tertiary/aromatic N) is 3. The maximum Gasteiger partial charge on any atom is 0.262 e.